The second-order valence-corrected chi connectivity index (χ2v) is 4.21. The maximum absolute atomic E-state index is 4.47. The molecule has 0 saturated heterocycles. The van der Waals surface area contributed by atoms with Gasteiger partial charge in [0, 0.05) is 43.0 Å². The fourth-order valence-electron chi connectivity index (χ4n) is 1.90. The van der Waals surface area contributed by atoms with Gasteiger partial charge in [-0.2, -0.15) is 5.10 Å². The molecular formula is C13H13N5. The maximum Gasteiger partial charge on any atom is 0.120 e. The molecule has 90 valence electrons. The third-order valence-electron chi connectivity index (χ3n) is 2.76. The van der Waals surface area contributed by atoms with Crippen molar-refractivity contribution in [2.75, 3.05) is 0 Å². The first-order chi connectivity index (χ1) is 8.74. The molecule has 0 aliphatic heterocycles. The van der Waals surface area contributed by atoms with Gasteiger partial charge in [0.15, 0.2) is 0 Å². The Morgan fingerprint density at radius 1 is 1.22 bits per heavy atom. The van der Waals surface area contributed by atoms with Crippen LogP contribution >= 0.6 is 0 Å². The van der Waals surface area contributed by atoms with E-state index >= 15 is 0 Å². The highest BCUT2D eigenvalue weighted by molar-refractivity contribution is 5.78. The normalized spacial score (nSPS) is 10.8. The van der Waals surface area contributed by atoms with Gasteiger partial charge >= 0.3 is 0 Å². The molecule has 0 radical (unpaired) electrons. The molecule has 1 N–H and O–H groups in total. The molecule has 0 spiro atoms. The molecule has 5 heteroatoms. The van der Waals surface area contributed by atoms with Crippen molar-refractivity contribution in [2.24, 2.45) is 7.05 Å². The molecule has 5 nitrogen and oxygen atoms in total. The Labute approximate surface area is 105 Å². The van der Waals surface area contributed by atoms with Gasteiger partial charge < -0.3 is 4.98 Å². The number of rotatable bonds is 2. The van der Waals surface area contributed by atoms with Crippen LogP contribution in [0.15, 0.2) is 37.1 Å². The van der Waals surface area contributed by atoms with Gasteiger partial charge in [0.2, 0.25) is 0 Å². The van der Waals surface area contributed by atoms with Crippen LogP contribution in [0.1, 0.15) is 5.69 Å². The Morgan fingerprint density at radius 2 is 2.11 bits per heavy atom. The van der Waals surface area contributed by atoms with Crippen LogP contribution < -0.4 is 0 Å². The standard InChI is InChI=1S/C13H13N5/c1-9-5-16-12(7-15-9)13-11(8-18(2)17-13)10-3-4-14-6-10/h3-8,14H,1-2H3. The summed E-state index contributed by atoms with van der Waals surface area (Å²) in [7, 11) is 1.90. The van der Waals surface area contributed by atoms with E-state index in [4.69, 9.17) is 0 Å². The molecule has 3 heterocycles. The van der Waals surface area contributed by atoms with E-state index in [2.05, 4.69) is 20.1 Å². The topological polar surface area (TPSA) is 59.4 Å². The molecule has 18 heavy (non-hydrogen) atoms. The number of H-pyrrole nitrogens is 1. The minimum atomic E-state index is 0.789. The summed E-state index contributed by atoms with van der Waals surface area (Å²) >= 11 is 0. The van der Waals surface area contributed by atoms with E-state index in [1.165, 1.54) is 0 Å². The lowest BCUT2D eigenvalue weighted by Crippen LogP contribution is -1.92. The van der Waals surface area contributed by atoms with Crippen molar-refractivity contribution in [2.45, 2.75) is 6.92 Å². The molecular weight excluding hydrogens is 226 g/mol. The van der Waals surface area contributed by atoms with Crippen molar-refractivity contribution in [1.82, 2.24) is 24.7 Å². The lowest BCUT2D eigenvalue weighted by molar-refractivity contribution is 0.770. The Kier molecular flexibility index (Phi) is 2.44. The van der Waals surface area contributed by atoms with E-state index < -0.39 is 0 Å². The molecule has 0 aromatic carbocycles. The second kappa shape index (κ2) is 4.10. The summed E-state index contributed by atoms with van der Waals surface area (Å²) in [5.74, 6) is 0. The van der Waals surface area contributed by atoms with Gasteiger partial charge in [-0.15, -0.1) is 0 Å². The average molecular weight is 239 g/mol. The predicted molar refractivity (Wildman–Crippen MR) is 68.8 cm³/mol. The van der Waals surface area contributed by atoms with Crippen LogP contribution in [0.25, 0.3) is 22.5 Å². The third kappa shape index (κ3) is 1.79. The SMILES string of the molecule is Cc1cnc(-c2nn(C)cc2-c2cc[nH]c2)cn1. The molecule has 0 atom stereocenters. The first kappa shape index (κ1) is 10.7. The van der Waals surface area contributed by atoms with Gasteiger partial charge in [0.25, 0.3) is 0 Å². The molecule has 0 bridgehead atoms. The molecule has 0 fully saturated rings. The Balaban J connectivity index is 2.15. The van der Waals surface area contributed by atoms with Gasteiger partial charge in [-0.3, -0.25) is 14.6 Å². The van der Waals surface area contributed by atoms with Crippen molar-refractivity contribution in [3.63, 3.8) is 0 Å². The van der Waals surface area contributed by atoms with E-state index in [0.717, 1.165) is 28.2 Å². The summed E-state index contributed by atoms with van der Waals surface area (Å²) in [5, 5.41) is 4.47. The minimum absolute atomic E-state index is 0.789. The fourth-order valence-corrected chi connectivity index (χ4v) is 1.90. The summed E-state index contributed by atoms with van der Waals surface area (Å²) in [6, 6.07) is 2.02. The van der Waals surface area contributed by atoms with Crippen LogP contribution in [-0.2, 0) is 7.05 Å². The van der Waals surface area contributed by atoms with E-state index in [1.807, 2.05) is 38.6 Å². The van der Waals surface area contributed by atoms with Gasteiger partial charge in [-0.25, -0.2) is 0 Å². The number of aromatic nitrogens is 5. The molecule has 3 aromatic heterocycles. The van der Waals surface area contributed by atoms with Crippen LogP contribution in [0.4, 0.5) is 0 Å². The van der Waals surface area contributed by atoms with Crippen molar-refractivity contribution in [3.05, 3.63) is 42.7 Å². The van der Waals surface area contributed by atoms with E-state index in [9.17, 15) is 0 Å². The summed E-state index contributed by atoms with van der Waals surface area (Å²) in [6.45, 7) is 1.92. The first-order valence-electron chi connectivity index (χ1n) is 5.70. The van der Waals surface area contributed by atoms with Crippen molar-refractivity contribution in [3.8, 4) is 22.5 Å². The van der Waals surface area contributed by atoms with Crippen LogP contribution in [0.3, 0.4) is 0 Å². The largest absolute Gasteiger partial charge is 0.367 e. The summed E-state index contributed by atoms with van der Waals surface area (Å²) in [6.07, 6.45) is 9.34. The van der Waals surface area contributed by atoms with Gasteiger partial charge in [-0.1, -0.05) is 0 Å². The average Bonchev–Trinajstić information content (AvgIpc) is 2.98. The van der Waals surface area contributed by atoms with Crippen molar-refractivity contribution >= 4 is 0 Å². The maximum atomic E-state index is 4.47. The molecule has 3 aromatic rings. The van der Waals surface area contributed by atoms with Gasteiger partial charge in [-0.05, 0) is 13.0 Å². The predicted octanol–water partition coefficient (Wildman–Crippen LogP) is 2.18. The molecule has 0 aliphatic carbocycles. The lowest BCUT2D eigenvalue weighted by Gasteiger charge is -1.99. The number of hydrogen-bond acceptors (Lipinski definition) is 3. The van der Waals surface area contributed by atoms with E-state index in [0.29, 0.717) is 0 Å². The molecule has 0 saturated carbocycles. The summed E-state index contributed by atoms with van der Waals surface area (Å²) < 4.78 is 1.79. The van der Waals surface area contributed by atoms with E-state index in [-0.39, 0.29) is 0 Å². The highest BCUT2D eigenvalue weighted by Gasteiger charge is 2.13. The Hall–Kier alpha value is -2.43. The molecule has 0 unspecified atom stereocenters. The Morgan fingerprint density at radius 3 is 2.78 bits per heavy atom. The number of nitrogens with zero attached hydrogens (tertiary/aromatic N) is 4. The van der Waals surface area contributed by atoms with E-state index in [1.54, 1.807) is 17.1 Å². The lowest BCUT2D eigenvalue weighted by atomic mass is 10.1. The highest BCUT2D eigenvalue weighted by atomic mass is 15.3. The number of aromatic amines is 1. The first-order valence-corrected chi connectivity index (χ1v) is 5.70. The molecule has 0 amide bonds. The zero-order chi connectivity index (χ0) is 12.5. The van der Waals surface area contributed by atoms with Gasteiger partial charge in [0.1, 0.15) is 11.4 Å². The minimum Gasteiger partial charge on any atom is -0.367 e. The van der Waals surface area contributed by atoms with Crippen LogP contribution in [0, 0.1) is 6.92 Å². The van der Waals surface area contributed by atoms with Crippen molar-refractivity contribution in [1.29, 1.82) is 0 Å². The van der Waals surface area contributed by atoms with Crippen molar-refractivity contribution < 1.29 is 0 Å². The fraction of sp³-hybridized carbons (Fsp3) is 0.154. The number of hydrogen-bond donors (Lipinski definition) is 1. The van der Waals surface area contributed by atoms with Crippen LogP contribution in [0.2, 0.25) is 0 Å². The molecule has 3 rings (SSSR count). The van der Waals surface area contributed by atoms with Crippen LogP contribution in [-0.4, -0.2) is 24.7 Å². The zero-order valence-electron chi connectivity index (χ0n) is 10.3. The van der Waals surface area contributed by atoms with Gasteiger partial charge in [0.05, 0.1) is 11.9 Å². The third-order valence-corrected chi connectivity index (χ3v) is 2.76. The molecule has 0 aliphatic rings. The summed E-state index contributed by atoms with van der Waals surface area (Å²) in [4.78, 5) is 11.7. The number of nitrogens with one attached hydrogen (secondary N) is 1. The monoisotopic (exact) mass is 239 g/mol. The smallest absolute Gasteiger partial charge is 0.120 e. The summed E-state index contributed by atoms with van der Waals surface area (Å²) in [5.41, 5.74) is 4.69. The number of aryl methyl sites for hydroxylation is 2. The quantitative estimate of drug-likeness (QED) is 0.745. The second-order valence-electron chi connectivity index (χ2n) is 4.21. The highest BCUT2D eigenvalue weighted by Crippen LogP contribution is 2.28. The zero-order valence-corrected chi connectivity index (χ0v) is 10.3. The van der Waals surface area contributed by atoms with Crippen LogP contribution in [0.5, 0.6) is 0 Å². The Bertz CT molecular complexity index is 649.